The number of benzene rings is 1. The summed E-state index contributed by atoms with van der Waals surface area (Å²) < 4.78 is 18.2. The SMILES string of the molecule is CCN1N=C(C)Cn2c1nc1c2c(=O)n(Cc2ccccc2F)c(=O)n1C. The molecule has 1 aliphatic rings. The van der Waals surface area contributed by atoms with E-state index in [-0.39, 0.29) is 12.1 Å². The van der Waals surface area contributed by atoms with Crippen LogP contribution in [0.1, 0.15) is 19.4 Å². The smallest absolute Gasteiger partial charge is 0.297 e. The molecule has 3 heterocycles. The molecule has 27 heavy (non-hydrogen) atoms. The van der Waals surface area contributed by atoms with Crippen molar-refractivity contribution in [2.45, 2.75) is 26.9 Å². The molecule has 0 radical (unpaired) electrons. The molecule has 9 heteroatoms. The van der Waals surface area contributed by atoms with E-state index in [2.05, 4.69) is 10.1 Å². The number of rotatable bonds is 3. The highest BCUT2D eigenvalue weighted by molar-refractivity contribution is 5.87. The first-order valence-corrected chi connectivity index (χ1v) is 8.67. The minimum Gasteiger partial charge on any atom is -0.297 e. The van der Waals surface area contributed by atoms with Crippen LogP contribution >= 0.6 is 0 Å². The first-order valence-electron chi connectivity index (χ1n) is 8.67. The van der Waals surface area contributed by atoms with Crippen molar-refractivity contribution >= 4 is 22.8 Å². The summed E-state index contributed by atoms with van der Waals surface area (Å²) >= 11 is 0. The largest absolute Gasteiger partial charge is 0.332 e. The zero-order chi connectivity index (χ0) is 19.3. The highest BCUT2D eigenvalue weighted by Crippen LogP contribution is 2.23. The number of nitrogens with zero attached hydrogens (tertiary/aromatic N) is 6. The highest BCUT2D eigenvalue weighted by atomic mass is 19.1. The Morgan fingerprint density at radius 3 is 2.67 bits per heavy atom. The standard InChI is InChI=1S/C18H19FN6O2/c1-4-25-17-20-15-14(23(17)9-11(2)21-25)16(26)24(18(27)22(15)3)10-12-7-5-6-8-13(12)19/h5-8H,4,9-10H2,1-3H3. The molecule has 0 atom stereocenters. The van der Waals surface area contributed by atoms with Crippen LogP contribution in [-0.2, 0) is 20.1 Å². The average molecular weight is 370 g/mol. The van der Waals surface area contributed by atoms with Crippen LogP contribution in [0.5, 0.6) is 0 Å². The number of hydrogen-bond acceptors (Lipinski definition) is 5. The average Bonchev–Trinajstić information content (AvgIpc) is 3.03. The molecule has 0 saturated carbocycles. The molecule has 1 aromatic carbocycles. The molecular weight excluding hydrogens is 351 g/mol. The van der Waals surface area contributed by atoms with Crippen molar-refractivity contribution in [1.29, 1.82) is 0 Å². The van der Waals surface area contributed by atoms with Gasteiger partial charge in [0.25, 0.3) is 5.56 Å². The second kappa shape index (κ2) is 6.19. The van der Waals surface area contributed by atoms with Crippen LogP contribution < -0.4 is 16.3 Å². The van der Waals surface area contributed by atoms with Gasteiger partial charge < -0.3 is 0 Å². The van der Waals surface area contributed by atoms with Crippen molar-refractivity contribution in [1.82, 2.24) is 18.7 Å². The fourth-order valence-electron chi connectivity index (χ4n) is 3.37. The summed E-state index contributed by atoms with van der Waals surface area (Å²) in [4.78, 5) is 30.4. The molecule has 2 aromatic heterocycles. The molecule has 140 valence electrons. The van der Waals surface area contributed by atoms with Gasteiger partial charge in [-0.05, 0) is 19.9 Å². The zero-order valence-electron chi connectivity index (χ0n) is 15.3. The molecule has 0 fully saturated rings. The van der Waals surface area contributed by atoms with Gasteiger partial charge in [-0.1, -0.05) is 18.2 Å². The van der Waals surface area contributed by atoms with Gasteiger partial charge in [-0.15, -0.1) is 0 Å². The Labute approximate surface area is 153 Å². The van der Waals surface area contributed by atoms with Crippen LogP contribution in [0.3, 0.4) is 0 Å². The van der Waals surface area contributed by atoms with Crippen molar-refractivity contribution in [3.63, 3.8) is 0 Å². The maximum absolute atomic E-state index is 14.1. The molecule has 0 bridgehead atoms. The maximum Gasteiger partial charge on any atom is 0.332 e. The lowest BCUT2D eigenvalue weighted by atomic mass is 10.2. The Balaban J connectivity index is 1.99. The van der Waals surface area contributed by atoms with Gasteiger partial charge in [0.15, 0.2) is 11.2 Å². The van der Waals surface area contributed by atoms with Crippen molar-refractivity contribution in [2.24, 2.45) is 12.1 Å². The third-order valence-electron chi connectivity index (χ3n) is 4.71. The quantitative estimate of drug-likeness (QED) is 0.696. The molecule has 0 N–H and O–H groups in total. The van der Waals surface area contributed by atoms with Crippen LogP contribution in [-0.4, -0.2) is 30.9 Å². The molecule has 1 aliphatic heterocycles. The summed E-state index contributed by atoms with van der Waals surface area (Å²) in [5.74, 6) is 0.0656. The van der Waals surface area contributed by atoms with Crippen LogP contribution in [0.2, 0.25) is 0 Å². The van der Waals surface area contributed by atoms with Crippen molar-refractivity contribution in [2.75, 3.05) is 11.6 Å². The van der Waals surface area contributed by atoms with E-state index in [0.29, 0.717) is 30.2 Å². The minimum absolute atomic E-state index is 0.140. The first-order chi connectivity index (χ1) is 12.9. The van der Waals surface area contributed by atoms with E-state index < -0.39 is 17.1 Å². The molecule has 4 rings (SSSR count). The molecule has 0 aliphatic carbocycles. The van der Waals surface area contributed by atoms with E-state index in [4.69, 9.17) is 0 Å². The molecular formula is C18H19FN6O2. The maximum atomic E-state index is 14.1. The zero-order valence-corrected chi connectivity index (χ0v) is 15.3. The molecule has 0 saturated heterocycles. The van der Waals surface area contributed by atoms with Crippen molar-refractivity contribution < 1.29 is 4.39 Å². The molecule has 0 unspecified atom stereocenters. The first kappa shape index (κ1) is 17.2. The second-order valence-corrected chi connectivity index (χ2v) is 6.55. The van der Waals surface area contributed by atoms with Crippen LogP contribution in [0.4, 0.5) is 10.3 Å². The Hall–Kier alpha value is -3.23. The highest BCUT2D eigenvalue weighted by Gasteiger charge is 2.26. The third kappa shape index (κ3) is 2.57. The predicted molar refractivity (Wildman–Crippen MR) is 101 cm³/mol. The number of imidazole rings is 1. The third-order valence-corrected chi connectivity index (χ3v) is 4.71. The predicted octanol–water partition coefficient (Wildman–Crippen LogP) is 1.30. The Kier molecular flexibility index (Phi) is 3.94. The number of aromatic nitrogens is 4. The van der Waals surface area contributed by atoms with E-state index in [9.17, 15) is 14.0 Å². The second-order valence-electron chi connectivity index (χ2n) is 6.55. The summed E-state index contributed by atoms with van der Waals surface area (Å²) in [5, 5.41) is 6.14. The van der Waals surface area contributed by atoms with Crippen LogP contribution in [0.25, 0.3) is 11.2 Å². The summed E-state index contributed by atoms with van der Waals surface area (Å²) in [5.41, 5.74) is 0.705. The van der Waals surface area contributed by atoms with E-state index in [0.717, 1.165) is 10.3 Å². The molecule has 8 nitrogen and oxygen atoms in total. The van der Waals surface area contributed by atoms with Gasteiger partial charge in [-0.25, -0.2) is 14.2 Å². The number of anilines is 1. The van der Waals surface area contributed by atoms with Gasteiger partial charge in [0.2, 0.25) is 5.95 Å². The molecule has 3 aromatic rings. The Bertz CT molecular complexity index is 1200. The van der Waals surface area contributed by atoms with E-state index in [1.807, 2.05) is 13.8 Å². The Morgan fingerprint density at radius 2 is 1.96 bits per heavy atom. The molecule has 0 spiro atoms. The monoisotopic (exact) mass is 370 g/mol. The number of hydrazone groups is 1. The van der Waals surface area contributed by atoms with Gasteiger partial charge in [-0.2, -0.15) is 10.1 Å². The van der Waals surface area contributed by atoms with Crippen LogP contribution in [0.15, 0.2) is 39.0 Å². The lowest BCUT2D eigenvalue weighted by molar-refractivity contribution is 0.582. The summed E-state index contributed by atoms with van der Waals surface area (Å²) in [6, 6.07) is 6.11. The summed E-state index contributed by atoms with van der Waals surface area (Å²) in [6.07, 6.45) is 0. The number of fused-ring (bicyclic) bond motifs is 3. The molecule has 0 amide bonds. The van der Waals surface area contributed by atoms with E-state index in [1.165, 1.54) is 10.6 Å². The fraction of sp³-hybridized carbons (Fsp3) is 0.333. The van der Waals surface area contributed by atoms with Crippen molar-refractivity contribution in [3.8, 4) is 0 Å². The van der Waals surface area contributed by atoms with Gasteiger partial charge in [0, 0.05) is 19.2 Å². The van der Waals surface area contributed by atoms with E-state index in [1.54, 1.807) is 34.8 Å². The fourth-order valence-corrected chi connectivity index (χ4v) is 3.37. The summed E-state index contributed by atoms with van der Waals surface area (Å²) in [7, 11) is 1.56. The number of hydrogen-bond donors (Lipinski definition) is 0. The van der Waals surface area contributed by atoms with Crippen LogP contribution in [0, 0.1) is 5.82 Å². The van der Waals surface area contributed by atoms with Gasteiger partial charge >= 0.3 is 5.69 Å². The van der Waals surface area contributed by atoms with Crippen molar-refractivity contribution in [3.05, 3.63) is 56.5 Å². The van der Waals surface area contributed by atoms with Gasteiger partial charge in [0.1, 0.15) is 5.82 Å². The van der Waals surface area contributed by atoms with E-state index >= 15 is 0 Å². The topological polar surface area (TPSA) is 77.4 Å². The van der Waals surface area contributed by atoms with Gasteiger partial charge in [0.05, 0.1) is 18.8 Å². The summed E-state index contributed by atoms with van der Waals surface area (Å²) in [6.45, 7) is 4.66. The normalized spacial score (nSPS) is 13.8. The van der Waals surface area contributed by atoms with Gasteiger partial charge in [-0.3, -0.25) is 18.5 Å². The lowest BCUT2D eigenvalue weighted by Crippen LogP contribution is -2.40. The minimum atomic E-state index is -0.535. The number of aryl methyl sites for hydroxylation is 1. The lowest BCUT2D eigenvalue weighted by Gasteiger charge is -2.23. The number of halogens is 1. The Morgan fingerprint density at radius 1 is 1.22 bits per heavy atom.